The number of carbonyl (C=O) groups excluding carboxylic acids is 2. The Balaban J connectivity index is 0.000000212. The Morgan fingerprint density at radius 2 is 1.05 bits per heavy atom. The standard InChI is InChI=1S/C18H27NO.C16H23NO/c1-5-11-18(12-6-2)13-14(3)16-9-7-8-10-17(16)19(18)15(4)20;1-5-16(6-2)11-12(3)14-9-7-8-10-15(14)17(16)13(4)18/h7-10,14H,5-6,11-13H2,1-4H3;7-10,12H,5-6,11H2,1-4H3. The Labute approximate surface area is 231 Å². The lowest BCUT2D eigenvalue weighted by Gasteiger charge is -2.50. The van der Waals surface area contributed by atoms with E-state index in [-0.39, 0.29) is 22.9 Å². The van der Waals surface area contributed by atoms with Gasteiger partial charge in [-0.15, -0.1) is 0 Å². The Bertz CT molecular complexity index is 1100. The van der Waals surface area contributed by atoms with Crippen molar-refractivity contribution in [1.29, 1.82) is 0 Å². The quantitative estimate of drug-likeness (QED) is 0.383. The molecule has 2 amide bonds. The fourth-order valence-corrected chi connectivity index (χ4v) is 7.61. The maximum Gasteiger partial charge on any atom is 0.224 e. The van der Waals surface area contributed by atoms with Gasteiger partial charge in [0.15, 0.2) is 0 Å². The number of para-hydroxylation sites is 2. The van der Waals surface area contributed by atoms with E-state index in [2.05, 4.69) is 88.9 Å². The molecule has 0 saturated carbocycles. The molecule has 2 aromatic rings. The van der Waals surface area contributed by atoms with Gasteiger partial charge >= 0.3 is 0 Å². The van der Waals surface area contributed by atoms with E-state index in [4.69, 9.17) is 0 Å². The van der Waals surface area contributed by atoms with Crippen LogP contribution in [0.5, 0.6) is 0 Å². The number of rotatable bonds is 6. The number of hydrogen-bond acceptors (Lipinski definition) is 2. The molecule has 4 rings (SSSR count). The average Bonchev–Trinajstić information content (AvgIpc) is 2.89. The molecular weight excluding hydrogens is 468 g/mol. The topological polar surface area (TPSA) is 40.6 Å². The smallest absolute Gasteiger partial charge is 0.224 e. The third-order valence-electron chi connectivity index (χ3n) is 9.11. The van der Waals surface area contributed by atoms with Gasteiger partial charge in [0.25, 0.3) is 0 Å². The van der Waals surface area contributed by atoms with Gasteiger partial charge in [-0.25, -0.2) is 0 Å². The molecule has 2 atom stereocenters. The van der Waals surface area contributed by atoms with E-state index in [1.165, 1.54) is 11.1 Å². The normalized spacial score (nSPS) is 21.1. The molecule has 2 aliphatic rings. The predicted octanol–water partition coefficient (Wildman–Crippen LogP) is 8.99. The molecule has 0 N–H and O–H groups in total. The SMILES string of the molecule is CCC1(CC)CC(C)c2ccccc2N1C(C)=O.CCCC1(CCC)CC(C)c2ccccc2N1C(C)=O. The van der Waals surface area contributed by atoms with Crippen LogP contribution in [0.2, 0.25) is 0 Å². The van der Waals surface area contributed by atoms with Crippen LogP contribution < -0.4 is 9.80 Å². The molecule has 2 heterocycles. The summed E-state index contributed by atoms with van der Waals surface area (Å²) in [5.41, 5.74) is 4.91. The molecule has 4 heteroatoms. The molecule has 38 heavy (non-hydrogen) atoms. The van der Waals surface area contributed by atoms with E-state index in [1.54, 1.807) is 13.8 Å². The Morgan fingerprint density at radius 1 is 0.684 bits per heavy atom. The lowest BCUT2D eigenvalue weighted by atomic mass is 9.73. The highest BCUT2D eigenvalue weighted by atomic mass is 16.2. The molecule has 0 radical (unpaired) electrons. The summed E-state index contributed by atoms with van der Waals surface area (Å²) >= 11 is 0. The Kier molecular flexibility index (Phi) is 9.84. The number of anilines is 2. The van der Waals surface area contributed by atoms with Crippen LogP contribution in [0.4, 0.5) is 11.4 Å². The zero-order valence-corrected chi connectivity index (χ0v) is 25.1. The van der Waals surface area contributed by atoms with Crippen molar-refractivity contribution < 1.29 is 9.59 Å². The van der Waals surface area contributed by atoms with Crippen LogP contribution in [0, 0.1) is 0 Å². The van der Waals surface area contributed by atoms with Gasteiger partial charge in [-0.05, 0) is 73.6 Å². The minimum absolute atomic E-state index is 0.000394. The van der Waals surface area contributed by atoms with Gasteiger partial charge in [0.1, 0.15) is 0 Å². The highest BCUT2D eigenvalue weighted by Gasteiger charge is 2.44. The molecule has 0 bridgehead atoms. The van der Waals surface area contributed by atoms with Crippen molar-refractivity contribution in [3.05, 3.63) is 59.7 Å². The molecule has 208 valence electrons. The fraction of sp³-hybridized carbons (Fsp3) is 0.588. The summed E-state index contributed by atoms with van der Waals surface area (Å²) in [5, 5.41) is 0. The molecule has 0 aromatic heterocycles. The minimum Gasteiger partial charge on any atom is -0.306 e. The van der Waals surface area contributed by atoms with E-state index in [0.717, 1.165) is 62.7 Å². The van der Waals surface area contributed by atoms with Crippen molar-refractivity contribution in [2.45, 2.75) is 130 Å². The van der Waals surface area contributed by atoms with Crippen LogP contribution in [-0.2, 0) is 9.59 Å². The van der Waals surface area contributed by atoms with Crippen molar-refractivity contribution in [1.82, 2.24) is 0 Å². The first-order valence-corrected chi connectivity index (χ1v) is 14.9. The highest BCUT2D eigenvalue weighted by molar-refractivity contribution is 5.95. The molecule has 2 aliphatic heterocycles. The number of fused-ring (bicyclic) bond motifs is 2. The zero-order valence-electron chi connectivity index (χ0n) is 25.1. The molecule has 0 saturated heterocycles. The molecule has 4 nitrogen and oxygen atoms in total. The second kappa shape index (κ2) is 12.5. The molecule has 0 fully saturated rings. The summed E-state index contributed by atoms with van der Waals surface area (Å²) in [6.45, 7) is 16.8. The van der Waals surface area contributed by atoms with Crippen LogP contribution in [0.25, 0.3) is 0 Å². The van der Waals surface area contributed by atoms with E-state index in [1.807, 2.05) is 11.0 Å². The number of carbonyl (C=O) groups is 2. The number of benzene rings is 2. The molecule has 2 aromatic carbocycles. The first-order chi connectivity index (χ1) is 18.1. The first-order valence-electron chi connectivity index (χ1n) is 14.9. The third kappa shape index (κ3) is 5.55. The fourth-order valence-electron chi connectivity index (χ4n) is 7.61. The Morgan fingerprint density at radius 3 is 1.42 bits per heavy atom. The van der Waals surface area contributed by atoms with Crippen molar-refractivity contribution in [3.8, 4) is 0 Å². The van der Waals surface area contributed by atoms with Crippen LogP contribution in [-0.4, -0.2) is 22.9 Å². The van der Waals surface area contributed by atoms with Gasteiger partial charge in [-0.3, -0.25) is 9.59 Å². The van der Waals surface area contributed by atoms with Crippen molar-refractivity contribution in [2.24, 2.45) is 0 Å². The first kappa shape index (κ1) is 29.9. The Hall–Kier alpha value is -2.62. The maximum atomic E-state index is 12.4. The van der Waals surface area contributed by atoms with Crippen molar-refractivity contribution in [2.75, 3.05) is 9.80 Å². The monoisotopic (exact) mass is 518 g/mol. The lowest BCUT2D eigenvalue weighted by Crippen LogP contribution is -2.54. The van der Waals surface area contributed by atoms with Crippen LogP contribution in [0.15, 0.2) is 48.5 Å². The second-order valence-corrected chi connectivity index (χ2v) is 11.7. The van der Waals surface area contributed by atoms with Gasteiger partial charge in [0.2, 0.25) is 11.8 Å². The maximum absolute atomic E-state index is 12.4. The average molecular weight is 519 g/mol. The van der Waals surface area contributed by atoms with E-state index in [9.17, 15) is 9.59 Å². The van der Waals surface area contributed by atoms with Gasteiger partial charge in [-0.1, -0.05) is 90.8 Å². The summed E-state index contributed by atoms with van der Waals surface area (Å²) in [6.07, 6.45) is 8.63. The van der Waals surface area contributed by atoms with Gasteiger partial charge in [0, 0.05) is 36.3 Å². The number of hydrogen-bond donors (Lipinski definition) is 0. The molecule has 0 spiro atoms. The van der Waals surface area contributed by atoms with Gasteiger partial charge in [-0.2, -0.15) is 0 Å². The minimum atomic E-state index is -0.000394. The van der Waals surface area contributed by atoms with Gasteiger partial charge in [0.05, 0.1) is 0 Å². The summed E-state index contributed by atoms with van der Waals surface area (Å²) in [7, 11) is 0. The summed E-state index contributed by atoms with van der Waals surface area (Å²) < 4.78 is 0. The largest absolute Gasteiger partial charge is 0.306 e. The van der Waals surface area contributed by atoms with E-state index in [0.29, 0.717) is 11.8 Å². The number of nitrogens with zero attached hydrogens (tertiary/aromatic N) is 2. The van der Waals surface area contributed by atoms with Crippen LogP contribution in [0.3, 0.4) is 0 Å². The van der Waals surface area contributed by atoms with Crippen LogP contribution in [0.1, 0.15) is 130 Å². The lowest BCUT2D eigenvalue weighted by molar-refractivity contribution is -0.119. The molecule has 0 aliphatic carbocycles. The third-order valence-corrected chi connectivity index (χ3v) is 9.11. The zero-order chi connectivity index (χ0) is 28.1. The van der Waals surface area contributed by atoms with Gasteiger partial charge < -0.3 is 9.80 Å². The van der Waals surface area contributed by atoms with Crippen LogP contribution >= 0.6 is 0 Å². The van der Waals surface area contributed by atoms with Crippen molar-refractivity contribution >= 4 is 23.2 Å². The highest BCUT2D eigenvalue weighted by Crippen LogP contribution is 2.48. The number of amides is 2. The molecule has 2 unspecified atom stereocenters. The summed E-state index contributed by atoms with van der Waals surface area (Å²) in [5.74, 6) is 1.40. The summed E-state index contributed by atoms with van der Waals surface area (Å²) in [6, 6.07) is 16.8. The molecular formula is C34H50N2O2. The predicted molar refractivity (Wildman–Crippen MR) is 161 cm³/mol. The van der Waals surface area contributed by atoms with E-state index >= 15 is 0 Å². The van der Waals surface area contributed by atoms with Crippen molar-refractivity contribution in [3.63, 3.8) is 0 Å². The van der Waals surface area contributed by atoms with E-state index < -0.39 is 0 Å². The second-order valence-electron chi connectivity index (χ2n) is 11.7. The summed E-state index contributed by atoms with van der Waals surface area (Å²) in [4.78, 5) is 28.6.